The first-order valence-electron chi connectivity index (χ1n) is 10.4. The average Bonchev–Trinajstić information content (AvgIpc) is 3.18. The van der Waals surface area contributed by atoms with Crippen LogP contribution in [0.3, 0.4) is 0 Å². The molecule has 172 valence electrons. The van der Waals surface area contributed by atoms with Gasteiger partial charge in [0.15, 0.2) is 11.0 Å². The van der Waals surface area contributed by atoms with Crippen LogP contribution >= 0.6 is 11.8 Å². The fourth-order valence-electron chi connectivity index (χ4n) is 3.33. The van der Waals surface area contributed by atoms with Crippen molar-refractivity contribution in [1.82, 2.24) is 20.1 Å². The van der Waals surface area contributed by atoms with Crippen LogP contribution in [-0.4, -0.2) is 32.3 Å². The van der Waals surface area contributed by atoms with Crippen LogP contribution in [0.5, 0.6) is 0 Å². The Labute approximate surface area is 196 Å². The lowest BCUT2D eigenvalue weighted by molar-refractivity contribution is -0.113. The van der Waals surface area contributed by atoms with Crippen molar-refractivity contribution in [3.05, 3.63) is 83.5 Å². The number of allylic oxidation sites excluding steroid dienone is 1. The van der Waals surface area contributed by atoms with Gasteiger partial charge in [-0.25, -0.2) is 4.39 Å². The summed E-state index contributed by atoms with van der Waals surface area (Å²) < 4.78 is 15.7. The molecule has 0 saturated carbocycles. The van der Waals surface area contributed by atoms with Crippen LogP contribution in [0.15, 0.2) is 60.3 Å². The van der Waals surface area contributed by atoms with E-state index in [1.807, 2.05) is 32.0 Å². The number of hydrogen-bond acceptors (Lipinski definition) is 5. The molecule has 33 heavy (non-hydrogen) atoms. The van der Waals surface area contributed by atoms with Gasteiger partial charge in [-0.2, -0.15) is 0 Å². The fraction of sp³-hybridized carbons (Fsp3) is 0.250. The Morgan fingerprint density at radius 1 is 1.15 bits per heavy atom. The van der Waals surface area contributed by atoms with Crippen LogP contribution in [0.2, 0.25) is 0 Å². The zero-order valence-electron chi connectivity index (χ0n) is 18.8. The smallest absolute Gasteiger partial charge is 0.254 e. The minimum Gasteiger partial charge on any atom is -0.342 e. The molecule has 0 fully saturated rings. The molecule has 0 aliphatic heterocycles. The number of carbonyl (C=O) groups is 2. The summed E-state index contributed by atoms with van der Waals surface area (Å²) in [7, 11) is 0. The third-order valence-electron chi connectivity index (χ3n) is 4.99. The maximum Gasteiger partial charge on any atom is 0.254 e. The molecule has 0 aliphatic carbocycles. The lowest BCUT2D eigenvalue weighted by atomic mass is 10.1. The van der Waals surface area contributed by atoms with Crippen LogP contribution < -0.4 is 10.6 Å². The Hall–Kier alpha value is -3.46. The van der Waals surface area contributed by atoms with Gasteiger partial charge in [-0.3, -0.25) is 9.59 Å². The second-order valence-corrected chi connectivity index (χ2v) is 8.46. The van der Waals surface area contributed by atoms with Crippen LogP contribution in [0.1, 0.15) is 40.3 Å². The molecular weight excluding hydrogens is 441 g/mol. The van der Waals surface area contributed by atoms with E-state index >= 15 is 0 Å². The Kier molecular flexibility index (Phi) is 8.00. The zero-order chi connectivity index (χ0) is 24.0. The highest BCUT2D eigenvalue weighted by atomic mass is 32.2. The molecule has 3 rings (SSSR count). The molecule has 2 N–H and O–H groups in total. The standard InChI is InChI=1S/C24H26FN5O2S/c1-5-13-30-22(17(4)26-23(32)18-11-6-7-12-19(18)25)28-29-24(30)33-14-20(31)27-21-15(2)9-8-10-16(21)3/h5-12,17H,1,13-14H2,2-4H3,(H,26,32)(H,27,31)/t17-/m1/s1. The lowest BCUT2D eigenvalue weighted by Gasteiger charge is -2.15. The summed E-state index contributed by atoms with van der Waals surface area (Å²) in [6.07, 6.45) is 1.68. The molecule has 9 heteroatoms. The first kappa shape index (κ1) is 24.2. The summed E-state index contributed by atoms with van der Waals surface area (Å²) in [6.45, 7) is 9.79. The SMILES string of the molecule is C=CCn1c(SCC(=O)Nc2c(C)cccc2C)nnc1[C@@H](C)NC(=O)c1ccccc1F. The lowest BCUT2D eigenvalue weighted by Crippen LogP contribution is -2.29. The monoisotopic (exact) mass is 467 g/mol. The molecule has 1 heterocycles. The third kappa shape index (κ3) is 5.87. The van der Waals surface area contributed by atoms with Crippen LogP contribution in [0.4, 0.5) is 10.1 Å². The maximum absolute atomic E-state index is 13.9. The number of halogens is 1. The van der Waals surface area contributed by atoms with E-state index in [-0.39, 0.29) is 17.2 Å². The van der Waals surface area contributed by atoms with Crippen LogP contribution in [0, 0.1) is 19.7 Å². The summed E-state index contributed by atoms with van der Waals surface area (Å²) in [5, 5.41) is 14.6. The number of carbonyl (C=O) groups excluding carboxylic acids is 2. The largest absolute Gasteiger partial charge is 0.342 e. The van der Waals surface area contributed by atoms with Crippen molar-refractivity contribution >= 4 is 29.3 Å². The number of para-hydroxylation sites is 1. The van der Waals surface area contributed by atoms with E-state index in [0.29, 0.717) is 17.5 Å². The van der Waals surface area contributed by atoms with Gasteiger partial charge in [0.2, 0.25) is 5.91 Å². The summed E-state index contributed by atoms with van der Waals surface area (Å²) >= 11 is 1.24. The van der Waals surface area contributed by atoms with Crippen LogP contribution in [-0.2, 0) is 11.3 Å². The Morgan fingerprint density at radius 3 is 2.52 bits per heavy atom. The predicted molar refractivity (Wildman–Crippen MR) is 128 cm³/mol. The molecule has 3 aromatic rings. The topological polar surface area (TPSA) is 88.9 Å². The van der Waals surface area contributed by atoms with Crippen LogP contribution in [0.25, 0.3) is 0 Å². The second kappa shape index (κ2) is 10.9. The number of anilines is 1. The molecule has 0 radical (unpaired) electrons. The van der Waals surface area contributed by atoms with E-state index in [1.165, 1.54) is 30.0 Å². The number of rotatable bonds is 9. The van der Waals surface area contributed by atoms with Gasteiger partial charge in [0.1, 0.15) is 5.82 Å². The number of amides is 2. The van der Waals surface area contributed by atoms with Gasteiger partial charge < -0.3 is 15.2 Å². The fourth-order valence-corrected chi connectivity index (χ4v) is 4.08. The average molecular weight is 468 g/mol. The molecule has 1 aromatic heterocycles. The van der Waals surface area contributed by atoms with Gasteiger partial charge in [0, 0.05) is 12.2 Å². The summed E-state index contributed by atoms with van der Waals surface area (Å²) in [6, 6.07) is 11.1. The van der Waals surface area contributed by atoms with Gasteiger partial charge >= 0.3 is 0 Å². The minimum atomic E-state index is -0.596. The van der Waals surface area contributed by atoms with E-state index < -0.39 is 17.8 Å². The first-order valence-corrected chi connectivity index (χ1v) is 11.4. The van der Waals surface area contributed by atoms with Crippen molar-refractivity contribution in [1.29, 1.82) is 0 Å². The zero-order valence-corrected chi connectivity index (χ0v) is 19.6. The van der Waals surface area contributed by atoms with E-state index in [1.54, 1.807) is 23.6 Å². The quantitative estimate of drug-likeness (QED) is 0.359. The van der Waals surface area contributed by atoms with Crippen molar-refractivity contribution in [2.45, 2.75) is 38.5 Å². The molecule has 2 aromatic carbocycles. The van der Waals surface area contributed by atoms with Crippen molar-refractivity contribution in [2.75, 3.05) is 11.1 Å². The van der Waals surface area contributed by atoms with Crippen molar-refractivity contribution in [2.24, 2.45) is 0 Å². The number of aromatic nitrogens is 3. The molecular formula is C24H26FN5O2S. The predicted octanol–water partition coefficient (Wildman–Crippen LogP) is 4.44. The van der Waals surface area contributed by atoms with Gasteiger partial charge in [-0.05, 0) is 44.0 Å². The normalized spacial score (nSPS) is 11.6. The van der Waals surface area contributed by atoms with Crippen molar-refractivity contribution in [3.8, 4) is 0 Å². The van der Waals surface area contributed by atoms with Crippen molar-refractivity contribution < 1.29 is 14.0 Å². The van der Waals surface area contributed by atoms with Gasteiger partial charge in [0.05, 0.1) is 17.4 Å². The summed E-state index contributed by atoms with van der Waals surface area (Å²) in [4.78, 5) is 25.0. The molecule has 0 aliphatic rings. The number of nitrogens with one attached hydrogen (secondary N) is 2. The molecule has 0 saturated heterocycles. The Morgan fingerprint density at radius 2 is 1.85 bits per heavy atom. The number of hydrogen-bond donors (Lipinski definition) is 2. The van der Waals surface area contributed by atoms with Crippen molar-refractivity contribution in [3.63, 3.8) is 0 Å². The number of thioether (sulfide) groups is 1. The summed E-state index contributed by atoms with van der Waals surface area (Å²) in [5.74, 6) is -0.680. The Bertz CT molecular complexity index is 1160. The molecule has 0 spiro atoms. The minimum absolute atomic E-state index is 0.0445. The van der Waals surface area contributed by atoms with Gasteiger partial charge in [-0.1, -0.05) is 48.2 Å². The number of benzene rings is 2. The van der Waals surface area contributed by atoms with E-state index in [9.17, 15) is 14.0 Å². The summed E-state index contributed by atoms with van der Waals surface area (Å²) in [5.41, 5.74) is 2.74. The molecule has 7 nitrogen and oxygen atoms in total. The Balaban J connectivity index is 1.69. The molecule has 0 unspecified atom stereocenters. The van der Waals surface area contributed by atoms with E-state index in [0.717, 1.165) is 16.8 Å². The first-order chi connectivity index (χ1) is 15.8. The second-order valence-electron chi connectivity index (χ2n) is 7.52. The molecule has 0 bridgehead atoms. The van der Waals surface area contributed by atoms with E-state index in [2.05, 4.69) is 27.4 Å². The highest BCUT2D eigenvalue weighted by Gasteiger charge is 2.21. The highest BCUT2D eigenvalue weighted by Crippen LogP contribution is 2.23. The third-order valence-corrected chi connectivity index (χ3v) is 5.96. The maximum atomic E-state index is 13.9. The molecule has 2 amide bonds. The molecule has 1 atom stereocenters. The number of aryl methyl sites for hydroxylation is 2. The van der Waals surface area contributed by atoms with E-state index in [4.69, 9.17) is 0 Å². The number of nitrogens with zero attached hydrogens (tertiary/aromatic N) is 3. The van der Waals surface area contributed by atoms with Gasteiger partial charge in [-0.15, -0.1) is 16.8 Å². The van der Waals surface area contributed by atoms with Gasteiger partial charge in [0.25, 0.3) is 5.91 Å². The highest BCUT2D eigenvalue weighted by molar-refractivity contribution is 7.99.